The molecule has 0 unspecified atom stereocenters. The number of nitrogens with one attached hydrogen (secondary N) is 1. The number of aryl methyl sites for hydroxylation is 2. The number of rotatable bonds is 7. The normalized spacial score (nSPS) is 10.3. The highest BCUT2D eigenvalue weighted by molar-refractivity contribution is 5.69. The zero-order chi connectivity index (χ0) is 14.3. The summed E-state index contributed by atoms with van der Waals surface area (Å²) in [6, 6.07) is 4.23. The van der Waals surface area contributed by atoms with Crippen molar-refractivity contribution in [2.24, 2.45) is 0 Å². The van der Waals surface area contributed by atoms with Crippen molar-refractivity contribution in [2.45, 2.75) is 33.7 Å². The lowest BCUT2D eigenvalue weighted by molar-refractivity contribution is -0.141. The van der Waals surface area contributed by atoms with Crippen LogP contribution in [0, 0.1) is 13.8 Å². The van der Waals surface area contributed by atoms with Crippen molar-refractivity contribution in [3.63, 3.8) is 0 Å². The smallest absolute Gasteiger partial charge is 0.308 e. The van der Waals surface area contributed by atoms with E-state index < -0.39 is 0 Å². The molecule has 0 amide bonds. The molecule has 106 valence electrons. The molecule has 0 aliphatic rings. The van der Waals surface area contributed by atoms with E-state index in [0.717, 1.165) is 30.0 Å². The first-order valence-electron chi connectivity index (χ1n) is 6.59. The Morgan fingerprint density at radius 1 is 1.26 bits per heavy atom. The third-order valence-electron chi connectivity index (χ3n) is 2.88. The van der Waals surface area contributed by atoms with Gasteiger partial charge in [0.15, 0.2) is 0 Å². The molecule has 1 aromatic rings. The quantitative estimate of drug-likeness (QED) is 0.769. The zero-order valence-electron chi connectivity index (χ0n) is 12.2. The maximum atomic E-state index is 11.0. The van der Waals surface area contributed by atoms with E-state index in [9.17, 15) is 4.79 Å². The molecule has 1 N–H and O–H groups in total. The minimum absolute atomic E-state index is 0.251. The highest BCUT2D eigenvalue weighted by Crippen LogP contribution is 2.25. The molecule has 0 aliphatic carbocycles. The molecule has 4 heteroatoms. The van der Waals surface area contributed by atoms with Gasteiger partial charge in [-0.2, -0.15) is 0 Å². The van der Waals surface area contributed by atoms with Crippen LogP contribution in [0.5, 0.6) is 5.75 Å². The molecule has 0 aliphatic heterocycles. The Morgan fingerprint density at radius 2 is 1.89 bits per heavy atom. The average molecular weight is 265 g/mol. The van der Waals surface area contributed by atoms with Crippen LogP contribution >= 0.6 is 0 Å². The number of methoxy groups -OCH3 is 1. The number of carbonyl (C=O) groups is 1. The zero-order valence-corrected chi connectivity index (χ0v) is 12.2. The summed E-state index contributed by atoms with van der Waals surface area (Å²) < 4.78 is 10.3. The van der Waals surface area contributed by atoms with Gasteiger partial charge in [-0.3, -0.25) is 4.79 Å². The predicted octanol–water partition coefficient (Wildman–Crippen LogP) is 2.35. The van der Waals surface area contributed by atoms with E-state index in [1.54, 1.807) is 0 Å². The van der Waals surface area contributed by atoms with Crippen molar-refractivity contribution in [2.75, 3.05) is 20.3 Å². The number of benzene rings is 1. The van der Waals surface area contributed by atoms with Crippen molar-refractivity contribution in [1.29, 1.82) is 0 Å². The van der Waals surface area contributed by atoms with Gasteiger partial charge >= 0.3 is 5.97 Å². The molecule has 0 fully saturated rings. The Kier molecular flexibility index (Phi) is 6.36. The Labute approximate surface area is 115 Å². The highest BCUT2D eigenvalue weighted by Gasteiger charge is 2.08. The fourth-order valence-corrected chi connectivity index (χ4v) is 1.98. The summed E-state index contributed by atoms with van der Waals surface area (Å²) >= 11 is 0. The van der Waals surface area contributed by atoms with Crippen LogP contribution in [0.3, 0.4) is 0 Å². The Morgan fingerprint density at radius 3 is 2.42 bits per heavy atom. The molecule has 0 radical (unpaired) electrons. The van der Waals surface area contributed by atoms with Crippen LogP contribution in [0.2, 0.25) is 0 Å². The summed E-state index contributed by atoms with van der Waals surface area (Å²) in [5.41, 5.74) is 3.44. The van der Waals surface area contributed by atoms with Crippen molar-refractivity contribution in [3.8, 4) is 5.75 Å². The van der Waals surface area contributed by atoms with E-state index in [0.29, 0.717) is 6.61 Å². The second kappa shape index (κ2) is 7.79. The molecule has 0 spiro atoms. The lowest BCUT2D eigenvalue weighted by atomic mass is 10.1. The number of ether oxygens (including phenoxy) is 2. The number of hydrogen-bond acceptors (Lipinski definition) is 4. The standard InChI is InChI=1S/C15H23NO3/c1-5-16-10-13-8-11(2)15(12(3)9-13)19-7-6-14(17)18-4/h8-9,16H,5-7,10H2,1-4H3. The van der Waals surface area contributed by atoms with Gasteiger partial charge in [-0.25, -0.2) is 0 Å². The summed E-state index contributed by atoms with van der Waals surface area (Å²) in [6.45, 7) is 8.30. The van der Waals surface area contributed by atoms with Crippen LogP contribution in [-0.4, -0.2) is 26.2 Å². The van der Waals surface area contributed by atoms with Gasteiger partial charge in [0.25, 0.3) is 0 Å². The van der Waals surface area contributed by atoms with Crippen LogP contribution in [0.15, 0.2) is 12.1 Å². The fraction of sp³-hybridized carbons (Fsp3) is 0.533. The van der Waals surface area contributed by atoms with Crippen molar-refractivity contribution < 1.29 is 14.3 Å². The van der Waals surface area contributed by atoms with E-state index in [-0.39, 0.29) is 12.4 Å². The van der Waals surface area contributed by atoms with E-state index in [1.165, 1.54) is 12.7 Å². The van der Waals surface area contributed by atoms with Gasteiger partial charge < -0.3 is 14.8 Å². The first kappa shape index (κ1) is 15.5. The van der Waals surface area contributed by atoms with Crippen LogP contribution in [0.25, 0.3) is 0 Å². The summed E-state index contributed by atoms with van der Waals surface area (Å²) in [7, 11) is 1.38. The summed E-state index contributed by atoms with van der Waals surface area (Å²) in [5, 5.41) is 3.30. The molecule has 0 saturated heterocycles. The molecule has 0 atom stereocenters. The van der Waals surface area contributed by atoms with Crippen LogP contribution < -0.4 is 10.1 Å². The molecule has 1 aromatic carbocycles. The average Bonchev–Trinajstić information content (AvgIpc) is 2.39. The predicted molar refractivity (Wildman–Crippen MR) is 75.4 cm³/mol. The third-order valence-corrected chi connectivity index (χ3v) is 2.88. The lowest BCUT2D eigenvalue weighted by Crippen LogP contribution is -2.12. The minimum atomic E-state index is -0.251. The van der Waals surface area contributed by atoms with E-state index in [1.807, 2.05) is 13.8 Å². The fourth-order valence-electron chi connectivity index (χ4n) is 1.98. The molecule has 19 heavy (non-hydrogen) atoms. The monoisotopic (exact) mass is 265 g/mol. The maximum absolute atomic E-state index is 11.0. The van der Waals surface area contributed by atoms with Crippen LogP contribution in [0.1, 0.15) is 30.0 Å². The van der Waals surface area contributed by atoms with Crippen LogP contribution in [0.4, 0.5) is 0 Å². The number of esters is 1. The van der Waals surface area contributed by atoms with Gasteiger partial charge in [-0.1, -0.05) is 19.1 Å². The number of carbonyl (C=O) groups excluding carboxylic acids is 1. The second-order valence-electron chi connectivity index (χ2n) is 4.51. The van der Waals surface area contributed by atoms with Gasteiger partial charge in [0.1, 0.15) is 5.75 Å². The van der Waals surface area contributed by atoms with Crippen molar-refractivity contribution in [1.82, 2.24) is 5.32 Å². The van der Waals surface area contributed by atoms with Gasteiger partial charge in [0.05, 0.1) is 20.1 Å². The Balaban J connectivity index is 2.66. The van der Waals surface area contributed by atoms with Crippen molar-refractivity contribution in [3.05, 3.63) is 28.8 Å². The maximum Gasteiger partial charge on any atom is 0.308 e. The van der Waals surface area contributed by atoms with Crippen LogP contribution in [-0.2, 0) is 16.1 Å². The summed E-state index contributed by atoms with van der Waals surface area (Å²) in [6.07, 6.45) is 0.272. The molecule has 0 heterocycles. The summed E-state index contributed by atoms with van der Waals surface area (Å²) in [5.74, 6) is 0.614. The topological polar surface area (TPSA) is 47.6 Å². The minimum Gasteiger partial charge on any atom is -0.492 e. The SMILES string of the molecule is CCNCc1cc(C)c(OCCC(=O)OC)c(C)c1. The Bertz CT molecular complexity index is 406. The first-order valence-corrected chi connectivity index (χ1v) is 6.59. The molecule has 1 rings (SSSR count). The van der Waals surface area contributed by atoms with E-state index in [2.05, 4.69) is 29.1 Å². The third kappa shape index (κ3) is 4.91. The molecular formula is C15H23NO3. The lowest BCUT2D eigenvalue weighted by Gasteiger charge is -2.14. The van der Waals surface area contributed by atoms with E-state index in [4.69, 9.17) is 4.74 Å². The van der Waals surface area contributed by atoms with Crippen molar-refractivity contribution >= 4 is 5.97 Å². The first-order chi connectivity index (χ1) is 9.08. The van der Waals surface area contributed by atoms with Gasteiger partial charge in [0, 0.05) is 6.54 Å². The second-order valence-corrected chi connectivity index (χ2v) is 4.51. The van der Waals surface area contributed by atoms with Gasteiger partial charge in [0.2, 0.25) is 0 Å². The Hall–Kier alpha value is -1.55. The van der Waals surface area contributed by atoms with E-state index >= 15 is 0 Å². The largest absolute Gasteiger partial charge is 0.492 e. The summed E-state index contributed by atoms with van der Waals surface area (Å²) in [4.78, 5) is 11.0. The molecule has 0 saturated carbocycles. The molecule has 4 nitrogen and oxygen atoms in total. The highest BCUT2D eigenvalue weighted by atomic mass is 16.5. The molecular weight excluding hydrogens is 242 g/mol. The van der Waals surface area contributed by atoms with Gasteiger partial charge in [-0.05, 0) is 37.1 Å². The van der Waals surface area contributed by atoms with Gasteiger partial charge in [-0.15, -0.1) is 0 Å². The number of hydrogen-bond donors (Lipinski definition) is 1. The molecule has 0 aromatic heterocycles. The molecule has 0 bridgehead atoms.